The Hall–Kier alpha value is -3.35. The molecule has 4 heterocycles. The second-order valence-electron chi connectivity index (χ2n) is 10.8. The first kappa shape index (κ1) is 23.4. The van der Waals surface area contributed by atoms with Crippen molar-refractivity contribution in [2.45, 2.75) is 65.5 Å². The maximum atomic E-state index is 13.4. The summed E-state index contributed by atoms with van der Waals surface area (Å²) in [6, 6.07) is 8.52. The number of carbonyl (C=O) groups excluding carboxylic acids is 2. The topological polar surface area (TPSA) is 67.2 Å². The number of carbonyl (C=O) groups is 2. The number of nitrogens with zero attached hydrogens (tertiary/aromatic N) is 4. The molecule has 0 radical (unpaired) electrons. The van der Waals surface area contributed by atoms with Crippen molar-refractivity contribution in [2.75, 3.05) is 19.6 Å². The lowest BCUT2D eigenvalue weighted by Crippen LogP contribution is -2.51. The van der Waals surface area contributed by atoms with Gasteiger partial charge in [0.2, 0.25) is 0 Å². The van der Waals surface area contributed by atoms with Gasteiger partial charge >= 0.3 is 6.09 Å². The number of rotatable bonds is 2. The van der Waals surface area contributed by atoms with Crippen LogP contribution in [0, 0.1) is 13.8 Å². The van der Waals surface area contributed by atoms with Gasteiger partial charge in [-0.2, -0.15) is 0 Å². The molecule has 0 aliphatic carbocycles. The lowest BCUT2D eigenvalue weighted by molar-refractivity contribution is 0.0144. The lowest BCUT2D eigenvalue weighted by Gasteiger charge is -2.40. The first-order chi connectivity index (χ1) is 16.6. The number of piperidine rings is 1. The summed E-state index contributed by atoms with van der Waals surface area (Å²) >= 11 is 0. The molecular weight excluding hydrogens is 440 g/mol. The van der Waals surface area contributed by atoms with E-state index in [-0.39, 0.29) is 18.0 Å². The minimum Gasteiger partial charge on any atom is -0.444 e. The van der Waals surface area contributed by atoms with Crippen molar-refractivity contribution >= 4 is 17.6 Å². The van der Waals surface area contributed by atoms with Gasteiger partial charge in [-0.25, -0.2) is 9.78 Å². The van der Waals surface area contributed by atoms with E-state index in [1.165, 1.54) is 0 Å². The van der Waals surface area contributed by atoms with Gasteiger partial charge in [0, 0.05) is 43.6 Å². The number of imidazole rings is 1. The maximum absolute atomic E-state index is 13.4. The number of amides is 2. The van der Waals surface area contributed by atoms with Crippen molar-refractivity contribution in [3.63, 3.8) is 0 Å². The average molecular weight is 475 g/mol. The highest BCUT2D eigenvalue weighted by molar-refractivity contribution is 5.97. The molecule has 2 amide bonds. The van der Waals surface area contributed by atoms with Crippen LogP contribution in [0.5, 0.6) is 0 Å². The Kier molecular flexibility index (Phi) is 5.82. The third kappa shape index (κ3) is 4.64. The molecule has 0 unspecified atom stereocenters. The van der Waals surface area contributed by atoms with Crippen molar-refractivity contribution in [1.82, 2.24) is 19.2 Å². The second-order valence-corrected chi connectivity index (χ2v) is 10.8. The molecule has 0 N–H and O–H groups in total. The predicted octanol–water partition coefficient (Wildman–Crippen LogP) is 5.02. The monoisotopic (exact) mass is 474 g/mol. The fourth-order valence-electron chi connectivity index (χ4n) is 5.27. The van der Waals surface area contributed by atoms with E-state index >= 15 is 0 Å². The van der Waals surface area contributed by atoms with Crippen molar-refractivity contribution in [2.24, 2.45) is 0 Å². The molecule has 1 saturated heterocycles. The highest BCUT2D eigenvalue weighted by Gasteiger charge is 2.34. The number of likely N-dealkylation sites (tertiary alicyclic amines) is 1. The number of benzene rings is 1. The maximum Gasteiger partial charge on any atom is 0.410 e. The van der Waals surface area contributed by atoms with Crippen molar-refractivity contribution in [1.29, 1.82) is 0 Å². The summed E-state index contributed by atoms with van der Waals surface area (Å²) in [4.78, 5) is 34.2. The van der Waals surface area contributed by atoms with E-state index in [1.54, 1.807) is 4.90 Å². The first-order valence-corrected chi connectivity index (χ1v) is 12.5. The molecule has 7 heteroatoms. The van der Waals surface area contributed by atoms with Gasteiger partial charge in [0.1, 0.15) is 11.2 Å². The normalized spacial score (nSPS) is 17.1. The SMILES string of the molecule is Cc1cn2cc(-c3ccc4c(c3)CCN(C3CCN(C(=O)OC(C)(C)C)CC3)C4=O)cc(C)c2n1. The van der Waals surface area contributed by atoms with E-state index in [2.05, 4.69) is 40.7 Å². The Labute approximate surface area is 206 Å². The van der Waals surface area contributed by atoms with Crippen LogP contribution in [0.2, 0.25) is 0 Å². The standard InChI is InChI=1S/C28H34N4O3/c1-18-14-22(17-31-16-19(2)29-25(18)31)20-6-7-24-21(15-20)8-13-32(26(24)33)23-9-11-30(12-10-23)27(34)35-28(3,4)5/h6-7,14-17,23H,8-13H2,1-5H3. The van der Waals surface area contributed by atoms with E-state index in [4.69, 9.17) is 4.74 Å². The Morgan fingerprint density at radius 1 is 1.03 bits per heavy atom. The summed E-state index contributed by atoms with van der Waals surface area (Å²) in [5, 5.41) is 0. The number of fused-ring (bicyclic) bond motifs is 2. The van der Waals surface area contributed by atoms with E-state index in [0.717, 1.165) is 58.4 Å². The number of pyridine rings is 1. The summed E-state index contributed by atoms with van der Waals surface area (Å²) in [7, 11) is 0. The molecule has 0 saturated carbocycles. The molecule has 3 aromatic rings. The van der Waals surface area contributed by atoms with Crippen LogP contribution in [0.4, 0.5) is 4.79 Å². The largest absolute Gasteiger partial charge is 0.444 e. The van der Waals surface area contributed by atoms with Crippen LogP contribution in [0.25, 0.3) is 16.8 Å². The number of hydrogen-bond donors (Lipinski definition) is 0. The second kappa shape index (κ2) is 8.70. The highest BCUT2D eigenvalue weighted by Crippen LogP contribution is 2.30. The molecule has 35 heavy (non-hydrogen) atoms. The average Bonchev–Trinajstić information content (AvgIpc) is 3.19. The number of aryl methyl sites for hydroxylation is 2. The zero-order valence-electron chi connectivity index (χ0n) is 21.3. The Bertz CT molecular complexity index is 1300. The van der Waals surface area contributed by atoms with Gasteiger partial charge in [-0.1, -0.05) is 12.1 Å². The van der Waals surface area contributed by atoms with Gasteiger partial charge < -0.3 is 18.9 Å². The van der Waals surface area contributed by atoms with Crippen molar-refractivity contribution in [3.05, 3.63) is 59.0 Å². The molecule has 7 nitrogen and oxygen atoms in total. The molecule has 1 aromatic carbocycles. The lowest BCUT2D eigenvalue weighted by atomic mass is 9.92. The quantitative estimate of drug-likeness (QED) is 0.523. The van der Waals surface area contributed by atoms with Gasteiger partial charge in [0.25, 0.3) is 5.91 Å². The zero-order chi connectivity index (χ0) is 24.9. The van der Waals surface area contributed by atoms with Gasteiger partial charge in [-0.3, -0.25) is 4.79 Å². The third-order valence-corrected chi connectivity index (χ3v) is 6.96. The van der Waals surface area contributed by atoms with Crippen molar-refractivity contribution < 1.29 is 14.3 Å². The summed E-state index contributed by atoms with van der Waals surface area (Å²) in [6.45, 7) is 11.7. The summed E-state index contributed by atoms with van der Waals surface area (Å²) in [5.74, 6) is 0.102. The van der Waals surface area contributed by atoms with Gasteiger partial charge in [-0.15, -0.1) is 0 Å². The fourth-order valence-corrected chi connectivity index (χ4v) is 5.27. The predicted molar refractivity (Wildman–Crippen MR) is 136 cm³/mol. The molecule has 0 spiro atoms. The summed E-state index contributed by atoms with van der Waals surface area (Å²) < 4.78 is 7.59. The smallest absolute Gasteiger partial charge is 0.410 e. The summed E-state index contributed by atoms with van der Waals surface area (Å²) in [6.07, 6.45) is 6.29. The molecule has 1 fully saturated rings. The minimum absolute atomic E-state index is 0.102. The van der Waals surface area contributed by atoms with Crippen LogP contribution in [0.3, 0.4) is 0 Å². The van der Waals surface area contributed by atoms with Gasteiger partial charge in [-0.05, 0) is 88.3 Å². The van der Waals surface area contributed by atoms with Crippen molar-refractivity contribution in [3.8, 4) is 11.1 Å². The minimum atomic E-state index is -0.499. The Morgan fingerprint density at radius 2 is 1.77 bits per heavy atom. The zero-order valence-corrected chi connectivity index (χ0v) is 21.3. The molecule has 2 aromatic heterocycles. The number of ether oxygens (including phenoxy) is 1. The summed E-state index contributed by atoms with van der Waals surface area (Å²) in [5.41, 5.74) is 6.76. The van der Waals surface area contributed by atoms with Crippen LogP contribution in [-0.4, -0.2) is 62.5 Å². The van der Waals surface area contributed by atoms with E-state index < -0.39 is 5.60 Å². The van der Waals surface area contributed by atoms with E-state index in [1.807, 2.05) is 44.9 Å². The molecule has 0 bridgehead atoms. The molecule has 184 valence electrons. The van der Waals surface area contributed by atoms with E-state index in [9.17, 15) is 9.59 Å². The van der Waals surface area contributed by atoms with Gasteiger partial charge in [0.05, 0.1) is 5.69 Å². The Balaban J connectivity index is 1.30. The third-order valence-electron chi connectivity index (χ3n) is 6.96. The number of aromatic nitrogens is 2. The molecule has 0 atom stereocenters. The number of hydrogen-bond acceptors (Lipinski definition) is 4. The van der Waals surface area contributed by atoms with Crippen LogP contribution in [0.15, 0.2) is 36.7 Å². The molecular formula is C28H34N4O3. The first-order valence-electron chi connectivity index (χ1n) is 12.5. The molecule has 2 aliphatic rings. The van der Waals surface area contributed by atoms with Crippen LogP contribution < -0.4 is 0 Å². The molecule has 2 aliphatic heterocycles. The van der Waals surface area contributed by atoms with Crippen LogP contribution in [-0.2, 0) is 11.2 Å². The van der Waals surface area contributed by atoms with Crippen LogP contribution >= 0.6 is 0 Å². The van der Waals surface area contributed by atoms with Crippen LogP contribution in [0.1, 0.15) is 60.8 Å². The Morgan fingerprint density at radius 3 is 2.49 bits per heavy atom. The fraction of sp³-hybridized carbons (Fsp3) is 0.464. The van der Waals surface area contributed by atoms with Gasteiger partial charge in [0.15, 0.2) is 0 Å². The van der Waals surface area contributed by atoms with E-state index in [0.29, 0.717) is 19.6 Å². The highest BCUT2D eigenvalue weighted by atomic mass is 16.6. The molecule has 5 rings (SSSR count).